The maximum Gasteiger partial charge on any atom is 0.0325 e. The van der Waals surface area contributed by atoms with Crippen LogP contribution >= 0.6 is 12.6 Å². The fourth-order valence-electron chi connectivity index (χ4n) is 2.42. The van der Waals surface area contributed by atoms with E-state index in [-0.39, 0.29) is 0 Å². The third kappa shape index (κ3) is 2.37. The minimum Gasteiger partial charge on any atom is -0.313 e. The molecule has 0 saturated heterocycles. The van der Waals surface area contributed by atoms with Gasteiger partial charge in [-0.1, -0.05) is 18.2 Å². The van der Waals surface area contributed by atoms with Crippen molar-refractivity contribution in [2.45, 2.75) is 31.7 Å². The molecule has 0 aliphatic heterocycles. The van der Waals surface area contributed by atoms with Crippen molar-refractivity contribution in [2.24, 2.45) is 0 Å². The van der Waals surface area contributed by atoms with E-state index < -0.39 is 0 Å². The highest BCUT2D eigenvalue weighted by molar-refractivity contribution is 7.80. The van der Waals surface area contributed by atoms with Crippen LogP contribution in [-0.4, -0.2) is 12.8 Å². The average Bonchev–Trinajstić information content (AvgIpc) is 2.72. The van der Waals surface area contributed by atoms with Crippen molar-refractivity contribution in [3.05, 3.63) is 34.9 Å². The molecule has 0 aromatic heterocycles. The van der Waals surface area contributed by atoms with Crippen molar-refractivity contribution in [3.8, 4) is 0 Å². The lowest BCUT2D eigenvalue weighted by Crippen LogP contribution is -2.17. The number of benzene rings is 1. The van der Waals surface area contributed by atoms with Crippen molar-refractivity contribution < 1.29 is 0 Å². The normalized spacial score (nSPS) is 16.4. The number of hydrogen-bond acceptors (Lipinski definition) is 2. The van der Waals surface area contributed by atoms with Crippen LogP contribution in [0.1, 0.15) is 35.6 Å². The summed E-state index contributed by atoms with van der Waals surface area (Å²) in [6.07, 6.45) is 4.96. The second kappa shape index (κ2) is 5.04. The Labute approximate surface area is 97.7 Å². The molecule has 1 atom stereocenters. The Morgan fingerprint density at radius 3 is 2.87 bits per heavy atom. The van der Waals surface area contributed by atoms with E-state index in [0.717, 1.165) is 12.2 Å². The molecule has 1 aliphatic carbocycles. The van der Waals surface area contributed by atoms with Gasteiger partial charge >= 0.3 is 0 Å². The number of hydrogen-bond donors (Lipinski definition) is 2. The Morgan fingerprint density at radius 1 is 1.33 bits per heavy atom. The summed E-state index contributed by atoms with van der Waals surface area (Å²) in [6, 6.07) is 7.43. The Balaban J connectivity index is 2.20. The minimum atomic E-state index is 0.466. The fourth-order valence-corrected chi connectivity index (χ4v) is 2.67. The summed E-state index contributed by atoms with van der Waals surface area (Å²) in [5.74, 6) is 0.933. The van der Waals surface area contributed by atoms with Crippen LogP contribution in [0.3, 0.4) is 0 Å². The van der Waals surface area contributed by atoms with Gasteiger partial charge in [0.1, 0.15) is 0 Å². The Kier molecular flexibility index (Phi) is 3.71. The molecule has 0 fully saturated rings. The molecule has 1 aliphatic rings. The monoisotopic (exact) mass is 221 g/mol. The van der Waals surface area contributed by atoms with Gasteiger partial charge in [0.25, 0.3) is 0 Å². The molecule has 0 bridgehead atoms. The summed E-state index contributed by atoms with van der Waals surface area (Å²) in [6.45, 7) is 0. The van der Waals surface area contributed by atoms with Crippen LogP contribution in [0.25, 0.3) is 0 Å². The molecular formula is C13H19NS. The molecular weight excluding hydrogens is 202 g/mol. The molecule has 0 saturated carbocycles. The van der Waals surface area contributed by atoms with Gasteiger partial charge in [0.05, 0.1) is 0 Å². The SMILES string of the molecule is CNC(CCS)c1ccc2c(c1)CCC2. The maximum absolute atomic E-state index is 4.31. The zero-order valence-electron chi connectivity index (χ0n) is 9.29. The molecule has 15 heavy (non-hydrogen) atoms. The summed E-state index contributed by atoms with van der Waals surface area (Å²) in [5.41, 5.74) is 4.54. The number of aryl methyl sites for hydroxylation is 2. The summed E-state index contributed by atoms with van der Waals surface area (Å²) in [4.78, 5) is 0. The molecule has 0 amide bonds. The highest BCUT2D eigenvalue weighted by Crippen LogP contribution is 2.26. The van der Waals surface area contributed by atoms with E-state index in [1.165, 1.54) is 24.8 Å². The van der Waals surface area contributed by atoms with Crippen LogP contribution in [0.2, 0.25) is 0 Å². The van der Waals surface area contributed by atoms with Gasteiger partial charge in [-0.3, -0.25) is 0 Å². The van der Waals surface area contributed by atoms with Gasteiger partial charge in [0, 0.05) is 6.04 Å². The van der Waals surface area contributed by atoms with Crippen molar-refractivity contribution in [2.75, 3.05) is 12.8 Å². The molecule has 1 unspecified atom stereocenters. The van der Waals surface area contributed by atoms with Crippen LogP contribution in [0, 0.1) is 0 Å². The second-order valence-corrected chi connectivity index (χ2v) is 4.68. The van der Waals surface area contributed by atoms with E-state index in [2.05, 4.69) is 36.1 Å². The summed E-state index contributed by atoms with van der Waals surface area (Å²) in [7, 11) is 2.03. The molecule has 1 aromatic rings. The molecule has 0 spiro atoms. The van der Waals surface area contributed by atoms with E-state index >= 15 is 0 Å². The molecule has 0 heterocycles. The number of rotatable bonds is 4. The van der Waals surface area contributed by atoms with Gasteiger partial charge in [0.15, 0.2) is 0 Å². The van der Waals surface area contributed by atoms with Gasteiger partial charge < -0.3 is 5.32 Å². The van der Waals surface area contributed by atoms with E-state index in [4.69, 9.17) is 0 Å². The summed E-state index contributed by atoms with van der Waals surface area (Å²) >= 11 is 4.31. The molecule has 2 heteroatoms. The van der Waals surface area contributed by atoms with Crippen molar-refractivity contribution >= 4 is 12.6 Å². The third-order valence-electron chi connectivity index (χ3n) is 3.29. The highest BCUT2D eigenvalue weighted by Gasteiger charge is 2.14. The zero-order valence-corrected chi connectivity index (χ0v) is 10.2. The Bertz CT molecular complexity index is 335. The lowest BCUT2D eigenvalue weighted by molar-refractivity contribution is 0.581. The number of fused-ring (bicyclic) bond motifs is 1. The van der Waals surface area contributed by atoms with E-state index in [1.54, 1.807) is 11.1 Å². The molecule has 1 N–H and O–H groups in total. The van der Waals surface area contributed by atoms with Crippen LogP contribution < -0.4 is 5.32 Å². The van der Waals surface area contributed by atoms with Crippen molar-refractivity contribution in [1.29, 1.82) is 0 Å². The number of thiol groups is 1. The molecule has 2 rings (SSSR count). The standard InChI is InChI=1S/C13H19NS/c1-14-13(7-8-15)12-6-5-10-3-2-4-11(10)9-12/h5-6,9,13-15H,2-4,7-8H2,1H3. The minimum absolute atomic E-state index is 0.466. The smallest absolute Gasteiger partial charge is 0.0325 e. The van der Waals surface area contributed by atoms with E-state index in [1.807, 2.05) is 7.05 Å². The second-order valence-electron chi connectivity index (χ2n) is 4.24. The van der Waals surface area contributed by atoms with Gasteiger partial charge in [-0.05, 0) is 55.2 Å². The van der Waals surface area contributed by atoms with Gasteiger partial charge in [-0.15, -0.1) is 0 Å². The van der Waals surface area contributed by atoms with E-state index in [0.29, 0.717) is 6.04 Å². The first-order chi connectivity index (χ1) is 7.35. The fraction of sp³-hybridized carbons (Fsp3) is 0.538. The molecule has 1 nitrogen and oxygen atoms in total. The Morgan fingerprint density at radius 2 is 2.13 bits per heavy atom. The largest absolute Gasteiger partial charge is 0.313 e. The first kappa shape index (κ1) is 11.0. The quantitative estimate of drug-likeness (QED) is 0.745. The maximum atomic E-state index is 4.31. The molecule has 82 valence electrons. The summed E-state index contributed by atoms with van der Waals surface area (Å²) in [5, 5.41) is 3.36. The van der Waals surface area contributed by atoms with E-state index in [9.17, 15) is 0 Å². The van der Waals surface area contributed by atoms with Crippen molar-refractivity contribution in [3.63, 3.8) is 0 Å². The third-order valence-corrected chi connectivity index (χ3v) is 3.55. The number of nitrogens with one attached hydrogen (secondary N) is 1. The highest BCUT2D eigenvalue weighted by atomic mass is 32.1. The van der Waals surface area contributed by atoms with Crippen LogP contribution in [0.4, 0.5) is 0 Å². The van der Waals surface area contributed by atoms with Crippen LogP contribution in [0.15, 0.2) is 18.2 Å². The molecule has 0 radical (unpaired) electrons. The lowest BCUT2D eigenvalue weighted by atomic mass is 10.00. The predicted octanol–water partition coefficient (Wildman–Crippen LogP) is 2.76. The molecule has 1 aromatic carbocycles. The van der Waals surface area contributed by atoms with Gasteiger partial charge in [-0.2, -0.15) is 12.6 Å². The predicted molar refractivity (Wildman–Crippen MR) is 68.7 cm³/mol. The lowest BCUT2D eigenvalue weighted by Gasteiger charge is -2.16. The van der Waals surface area contributed by atoms with Gasteiger partial charge in [0.2, 0.25) is 0 Å². The van der Waals surface area contributed by atoms with Crippen LogP contribution in [0.5, 0.6) is 0 Å². The summed E-state index contributed by atoms with van der Waals surface area (Å²) < 4.78 is 0. The van der Waals surface area contributed by atoms with Gasteiger partial charge in [-0.25, -0.2) is 0 Å². The topological polar surface area (TPSA) is 12.0 Å². The van der Waals surface area contributed by atoms with Crippen LogP contribution in [-0.2, 0) is 12.8 Å². The Hall–Kier alpha value is -0.470. The first-order valence-corrected chi connectivity index (χ1v) is 6.38. The zero-order chi connectivity index (χ0) is 10.7. The van der Waals surface area contributed by atoms with Crippen molar-refractivity contribution in [1.82, 2.24) is 5.32 Å². The first-order valence-electron chi connectivity index (χ1n) is 5.75. The average molecular weight is 221 g/mol.